The van der Waals surface area contributed by atoms with E-state index >= 15 is 0 Å². The van der Waals surface area contributed by atoms with Crippen molar-refractivity contribution in [3.63, 3.8) is 0 Å². The molecule has 9 heteroatoms. The average Bonchev–Trinajstić information content (AvgIpc) is 3.20. The first-order chi connectivity index (χ1) is 17.3. The van der Waals surface area contributed by atoms with Crippen LogP contribution in [-0.4, -0.2) is 38.2 Å². The summed E-state index contributed by atoms with van der Waals surface area (Å²) in [7, 11) is 1.77. The molecule has 184 valence electrons. The lowest BCUT2D eigenvalue weighted by Crippen LogP contribution is -2.34. The number of carbonyl (C=O) groups excluding carboxylic acids is 1. The number of aromatic nitrogens is 2. The lowest BCUT2D eigenvalue weighted by Gasteiger charge is -2.25. The summed E-state index contributed by atoms with van der Waals surface area (Å²) in [6.07, 6.45) is 4.21. The molecule has 0 unspecified atom stereocenters. The van der Waals surface area contributed by atoms with Gasteiger partial charge in [-0.3, -0.25) is 9.48 Å². The molecular weight excluding hydrogens is 485 g/mol. The molecule has 7 nitrogen and oxygen atoms in total. The van der Waals surface area contributed by atoms with Crippen molar-refractivity contribution < 1.29 is 23.8 Å². The van der Waals surface area contributed by atoms with Crippen LogP contribution in [0.1, 0.15) is 34.5 Å². The maximum absolute atomic E-state index is 13.9. The van der Waals surface area contributed by atoms with E-state index in [2.05, 4.69) is 5.10 Å². The normalized spacial score (nSPS) is 14.2. The van der Waals surface area contributed by atoms with Crippen molar-refractivity contribution in [3.05, 3.63) is 93.4 Å². The largest absolute Gasteiger partial charge is 0.488 e. The molecule has 0 spiro atoms. The van der Waals surface area contributed by atoms with Gasteiger partial charge in [0, 0.05) is 41.9 Å². The third-order valence-corrected chi connectivity index (χ3v) is 6.61. The maximum atomic E-state index is 13.9. The number of aliphatic carboxylic acids is 1. The Balaban J connectivity index is 1.51. The molecule has 36 heavy (non-hydrogen) atoms. The minimum atomic E-state index is -0.946. The van der Waals surface area contributed by atoms with E-state index in [1.165, 1.54) is 12.1 Å². The molecular formula is C27H23ClFN3O4. The molecule has 0 atom stereocenters. The number of hydrogen-bond acceptors (Lipinski definition) is 4. The number of nitrogens with zero attached hydrogens (tertiary/aromatic N) is 3. The van der Waals surface area contributed by atoms with Crippen LogP contribution >= 0.6 is 11.6 Å². The van der Waals surface area contributed by atoms with Gasteiger partial charge in [-0.2, -0.15) is 5.10 Å². The number of carboxylic acid groups (broad SMARTS) is 1. The Kier molecular flexibility index (Phi) is 6.36. The molecule has 1 aromatic heterocycles. The van der Waals surface area contributed by atoms with Crippen LogP contribution in [-0.2, 0) is 25.0 Å². The van der Waals surface area contributed by atoms with E-state index in [-0.39, 0.29) is 37.1 Å². The highest BCUT2D eigenvalue weighted by molar-refractivity contribution is 6.31. The maximum Gasteiger partial charge on any atom is 0.331 e. The van der Waals surface area contributed by atoms with Crippen molar-refractivity contribution in [1.82, 2.24) is 14.7 Å². The molecule has 5 rings (SSSR count). The Morgan fingerprint density at radius 3 is 2.72 bits per heavy atom. The Morgan fingerprint density at radius 2 is 2.00 bits per heavy atom. The summed E-state index contributed by atoms with van der Waals surface area (Å²) < 4.78 is 21.5. The topological polar surface area (TPSA) is 84.7 Å². The molecule has 1 aliphatic carbocycles. The summed E-state index contributed by atoms with van der Waals surface area (Å²) in [5, 5.41) is 14.3. The van der Waals surface area contributed by atoms with Gasteiger partial charge in [0.05, 0.1) is 5.69 Å². The Bertz CT molecular complexity index is 1440. The van der Waals surface area contributed by atoms with Crippen molar-refractivity contribution in [2.24, 2.45) is 7.05 Å². The van der Waals surface area contributed by atoms with Crippen LogP contribution in [0.25, 0.3) is 11.3 Å². The summed E-state index contributed by atoms with van der Waals surface area (Å²) in [6.45, 7) is 0.603. The number of fused-ring (bicyclic) bond motifs is 3. The number of carbonyl (C=O) groups is 2. The number of rotatable bonds is 6. The van der Waals surface area contributed by atoms with Crippen molar-refractivity contribution in [2.75, 3.05) is 6.54 Å². The molecule has 1 N–H and O–H groups in total. The number of amides is 1. The van der Waals surface area contributed by atoms with E-state index in [0.29, 0.717) is 40.3 Å². The number of benzene rings is 2. The van der Waals surface area contributed by atoms with Gasteiger partial charge in [-0.05, 0) is 48.7 Å². The summed E-state index contributed by atoms with van der Waals surface area (Å²) in [5.74, 6) is -0.987. The van der Waals surface area contributed by atoms with Gasteiger partial charge in [0.2, 0.25) is 0 Å². The third kappa shape index (κ3) is 4.64. The first-order valence-corrected chi connectivity index (χ1v) is 11.8. The summed E-state index contributed by atoms with van der Waals surface area (Å²) in [5.41, 5.74) is 4.31. The van der Waals surface area contributed by atoms with Crippen LogP contribution in [0.4, 0.5) is 4.39 Å². The smallest absolute Gasteiger partial charge is 0.331 e. The molecule has 0 bridgehead atoms. The van der Waals surface area contributed by atoms with E-state index in [4.69, 9.17) is 16.3 Å². The van der Waals surface area contributed by atoms with Gasteiger partial charge in [-0.25, -0.2) is 9.18 Å². The van der Waals surface area contributed by atoms with Crippen molar-refractivity contribution in [2.45, 2.75) is 26.0 Å². The fourth-order valence-electron chi connectivity index (χ4n) is 4.62. The highest BCUT2D eigenvalue weighted by Crippen LogP contribution is 2.40. The number of allylic oxidation sites excluding steroid dienone is 2. The van der Waals surface area contributed by atoms with Crippen LogP contribution in [0.3, 0.4) is 0 Å². The Labute approximate surface area is 212 Å². The monoisotopic (exact) mass is 507 g/mol. The second-order valence-electron chi connectivity index (χ2n) is 8.84. The van der Waals surface area contributed by atoms with E-state index in [1.807, 2.05) is 0 Å². The van der Waals surface area contributed by atoms with Gasteiger partial charge < -0.3 is 14.7 Å². The lowest BCUT2D eigenvalue weighted by atomic mass is 9.97. The summed E-state index contributed by atoms with van der Waals surface area (Å²) in [4.78, 5) is 26.8. The predicted molar refractivity (Wildman–Crippen MR) is 132 cm³/mol. The fourth-order valence-corrected chi connectivity index (χ4v) is 4.79. The zero-order valence-electron chi connectivity index (χ0n) is 19.5. The molecule has 2 aliphatic rings. The van der Waals surface area contributed by atoms with Gasteiger partial charge in [-0.15, -0.1) is 0 Å². The second kappa shape index (κ2) is 9.62. The minimum absolute atomic E-state index is 0.165. The number of hydrogen-bond donors (Lipinski definition) is 1. The molecule has 0 radical (unpaired) electrons. The third-order valence-electron chi connectivity index (χ3n) is 6.37. The van der Waals surface area contributed by atoms with E-state index in [9.17, 15) is 19.1 Å². The molecule has 0 saturated carbocycles. The van der Waals surface area contributed by atoms with Crippen LogP contribution in [0, 0.1) is 5.82 Å². The molecule has 2 heterocycles. The molecule has 0 saturated heterocycles. The predicted octanol–water partition coefficient (Wildman–Crippen LogP) is 5.15. The SMILES string of the molecule is Cn1nc(C(=O)N(CC2=CC=C(C(=O)O)CC2)Cc2cccc(F)c2)c2c1-c1cc(Cl)ccc1OC2. The standard InChI is InChI=1S/C27H23ClFN3O4/c1-31-25-21-12-19(28)9-10-23(21)36-15-22(25)24(30-31)26(33)32(14-17-3-2-4-20(29)11-17)13-16-5-7-18(8-6-16)27(34)35/h2-5,7,9-12H,6,8,13-15H2,1H3,(H,34,35). The number of aryl methyl sites for hydroxylation is 1. The molecule has 2 aromatic carbocycles. The first-order valence-electron chi connectivity index (χ1n) is 11.4. The van der Waals surface area contributed by atoms with Gasteiger partial charge in [-0.1, -0.05) is 41.5 Å². The first kappa shape index (κ1) is 23.8. The van der Waals surface area contributed by atoms with Crippen LogP contribution < -0.4 is 4.74 Å². The van der Waals surface area contributed by atoms with Crippen molar-refractivity contribution in [3.8, 4) is 17.0 Å². The highest BCUT2D eigenvalue weighted by atomic mass is 35.5. The van der Waals surface area contributed by atoms with E-state index < -0.39 is 5.97 Å². The molecule has 3 aromatic rings. The van der Waals surface area contributed by atoms with Gasteiger partial charge in [0.15, 0.2) is 5.69 Å². The van der Waals surface area contributed by atoms with E-state index in [1.54, 1.807) is 59.1 Å². The molecule has 1 aliphatic heterocycles. The summed E-state index contributed by atoms with van der Waals surface area (Å²) in [6, 6.07) is 11.4. The quantitative estimate of drug-likeness (QED) is 0.499. The van der Waals surface area contributed by atoms with E-state index in [0.717, 1.165) is 16.8 Å². The second-order valence-corrected chi connectivity index (χ2v) is 9.28. The number of ether oxygens (including phenoxy) is 1. The van der Waals surface area contributed by atoms with Crippen LogP contribution in [0.5, 0.6) is 5.75 Å². The van der Waals surface area contributed by atoms with Crippen molar-refractivity contribution >= 4 is 23.5 Å². The highest BCUT2D eigenvalue weighted by Gasteiger charge is 2.31. The summed E-state index contributed by atoms with van der Waals surface area (Å²) >= 11 is 6.22. The van der Waals surface area contributed by atoms with Gasteiger partial charge >= 0.3 is 5.97 Å². The van der Waals surface area contributed by atoms with Crippen LogP contribution in [0.2, 0.25) is 5.02 Å². The Hall–Kier alpha value is -3.91. The molecule has 0 fully saturated rings. The lowest BCUT2D eigenvalue weighted by molar-refractivity contribution is -0.132. The van der Waals surface area contributed by atoms with Gasteiger partial charge in [0.25, 0.3) is 5.91 Å². The number of carboxylic acids is 1. The molecule has 1 amide bonds. The Morgan fingerprint density at radius 1 is 1.17 bits per heavy atom. The average molecular weight is 508 g/mol. The number of halogens is 2. The van der Waals surface area contributed by atoms with Crippen LogP contribution in [0.15, 0.2) is 65.8 Å². The fraction of sp³-hybridized carbons (Fsp3) is 0.222. The zero-order chi connectivity index (χ0) is 25.4. The zero-order valence-corrected chi connectivity index (χ0v) is 20.3. The van der Waals surface area contributed by atoms with Crippen molar-refractivity contribution in [1.29, 1.82) is 0 Å². The minimum Gasteiger partial charge on any atom is -0.488 e. The van der Waals surface area contributed by atoms with Gasteiger partial charge in [0.1, 0.15) is 18.2 Å².